The van der Waals surface area contributed by atoms with Gasteiger partial charge >= 0.3 is 0 Å². The molecule has 0 saturated heterocycles. The van der Waals surface area contributed by atoms with Crippen LogP contribution < -0.4 is 4.72 Å². The van der Waals surface area contributed by atoms with Gasteiger partial charge < -0.3 is 5.11 Å². The molecule has 5 heteroatoms. The fourth-order valence-electron chi connectivity index (χ4n) is 1.39. The number of hydrogen-bond donors (Lipinski definition) is 2. The Kier molecular flexibility index (Phi) is 4.90. The summed E-state index contributed by atoms with van der Waals surface area (Å²) in [6.45, 7) is 6.14. The van der Waals surface area contributed by atoms with Crippen LogP contribution in [0.25, 0.3) is 0 Å². The molecule has 0 amide bonds. The summed E-state index contributed by atoms with van der Waals surface area (Å²) in [6, 6.07) is 6.48. The standard InChI is InChI=1S/C13H21NO3S/c1-4-13(2,3)10-14-18(16,17)12-8-6-5-7-11(12)9-15/h5-8,14-15H,4,9-10H2,1-3H3. The van der Waals surface area contributed by atoms with Gasteiger partial charge in [0.25, 0.3) is 0 Å². The maximum atomic E-state index is 12.2. The number of sulfonamides is 1. The summed E-state index contributed by atoms with van der Waals surface area (Å²) in [5, 5.41) is 9.16. The molecule has 0 fully saturated rings. The molecule has 0 aliphatic carbocycles. The average Bonchev–Trinajstić information content (AvgIpc) is 2.37. The number of aliphatic hydroxyl groups excluding tert-OH is 1. The fraction of sp³-hybridized carbons (Fsp3) is 0.538. The Morgan fingerprint density at radius 1 is 1.28 bits per heavy atom. The number of aliphatic hydroxyl groups is 1. The average molecular weight is 271 g/mol. The molecule has 0 bridgehead atoms. The monoisotopic (exact) mass is 271 g/mol. The number of nitrogens with one attached hydrogen (secondary N) is 1. The van der Waals surface area contributed by atoms with Gasteiger partial charge in [-0.3, -0.25) is 0 Å². The smallest absolute Gasteiger partial charge is 0.240 e. The summed E-state index contributed by atoms with van der Waals surface area (Å²) in [5.41, 5.74) is 0.334. The van der Waals surface area contributed by atoms with Gasteiger partial charge in [0.1, 0.15) is 0 Å². The second kappa shape index (κ2) is 5.82. The van der Waals surface area contributed by atoms with Gasteiger partial charge in [0.15, 0.2) is 0 Å². The zero-order valence-corrected chi connectivity index (χ0v) is 11.9. The zero-order valence-electron chi connectivity index (χ0n) is 11.1. The predicted octanol–water partition coefficient (Wildman–Crippen LogP) is 1.89. The lowest BCUT2D eigenvalue weighted by molar-refractivity contribution is 0.278. The Labute approximate surface area is 109 Å². The van der Waals surface area contributed by atoms with Crippen molar-refractivity contribution in [2.24, 2.45) is 5.41 Å². The van der Waals surface area contributed by atoms with Crippen molar-refractivity contribution in [3.63, 3.8) is 0 Å². The molecular formula is C13H21NO3S. The summed E-state index contributed by atoms with van der Waals surface area (Å²) in [6.07, 6.45) is 0.886. The second-order valence-corrected chi connectivity index (χ2v) is 6.84. The molecule has 102 valence electrons. The van der Waals surface area contributed by atoms with E-state index in [1.54, 1.807) is 18.2 Å². The molecule has 0 aromatic heterocycles. The van der Waals surface area contributed by atoms with Crippen molar-refractivity contribution in [1.82, 2.24) is 4.72 Å². The van der Waals surface area contributed by atoms with Crippen LogP contribution in [-0.4, -0.2) is 20.1 Å². The van der Waals surface area contributed by atoms with Crippen LogP contribution in [0.5, 0.6) is 0 Å². The van der Waals surface area contributed by atoms with Crippen molar-refractivity contribution in [2.75, 3.05) is 6.54 Å². The first-order chi connectivity index (χ1) is 8.32. The van der Waals surface area contributed by atoms with Gasteiger partial charge in [-0.15, -0.1) is 0 Å². The molecular weight excluding hydrogens is 250 g/mol. The highest BCUT2D eigenvalue weighted by atomic mass is 32.2. The SMILES string of the molecule is CCC(C)(C)CNS(=O)(=O)c1ccccc1CO. The summed E-state index contributed by atoms with van der Waals surface area (Å²) < 4.78 is 26.9. The molecule has 1 aromatic carbocycles. The van der Waals surface area contributed by atoms with E-state index in [1.165, 1.54) is 6.07 Å². The molecule has 2 N–H and O–H groups in total. The molecule has 4 nitrogen and oxygen atoms in total. The lowest BCUT2D eigenvalue weighted by Gasteiger charge is -2.23. The quantitative estimate of drug-likeness (QED) is 0.830. The number of rotatable bonds is 6. The van der Waals surface area contributed by atoms with Crippen molar-refractivity contribution in [3.05, 3.63) is 29.8 Å². The van der Waals surface area contributed by atoms with E-state index in [4.69, 9.17) is 5.11 Å². The van der Waals surface area contributed by atoms with Crippen molar-refractivity contribution < 1.29 is 13.5 Å². The summed E-state index contributed by atoms with van der Waals surface area (Å²) >= 11 is 0. The fourth-order valence-corrected chi connectivity index (χ4v) is 2.86. The Hall–Kier alpha value is -0.910. The Balaban J connectivity index is 2.94. The minimum atomic E-state index is -3.56. The van der Waals surface area contributed by atoms with Gasteiger partial charge in [0.2, 0.25) is 10.0 Å². The van der Waals surface area contributed by atoms with Gasteiger partial charge in [-0.25, -0.2) is 13.1 Å². The van der Waals surface area contributed by atoms with E-state index in [9.17, 15) is 8.42 Å². The minimum Gasteiger partial charge on any atom is -0.392 e. The Morgan fingerprint density at radius 3 is 2.44 bits per heavy atom. The van der Waals surface area contributed by atoms with Gasteiger partial charge in [0.05, 0.1) is 11.5 Å². The van der Waals surface area contributed by atoms with E-state index >= 15 is 0 Å². The van der Waals surface area contributed by atoms with Gasteiger partial charge in [-0.1, -0.05) is 39.0 Å². The molecule has 0 atom stereocenters. The predicted molar refractivity (Wildman–Crippen MR) is 71.6 cm³/mol. The van der Waals surface area contributed by atoms with Crippen LogP contribution in [0.4, 0.5) is 0 Å². The molecule has 0 aliphatic rings. The highest BCUT2D eigenvalue weighted by molar-refractivity contribution is 7.89. The second-order valence-electron chi connectivity index (χ2n) is 5.11. The Bertz CT molecular complexity index is 495. The lowest BCUT2D eigenvalue weighted by Crippen LogP contribution is -2.34. The van der Waals surface area contributed by atoms with Crippen molar-refractivity contribution in [3.8, 4) is 0 Å². The van der Waals surface area contributed by atoms with Crippen molar-refractivity contribution in [1.29, 1.82) is 0 Å². The van der Waals surface area contributed by atoms with E-state index in [0.29, 0.717) is 12.1 Å². The van der Waals surface area contributed by atoms with E-state index < -0.39 is 10.0 Å². The number of benzene rings is 1. The van der Waals surface area contributed by atoms with Crippen molar-refractivity contribution in [2.45, 2.75) is 38.7 Å². The number of hydrogen-bond acceptors (Lipinski definition) is 3. The van der Waals surface area contributed by atoms with Crippen LogP contribution in [0.3, 0.4) is 0 Å². The third kappa shape index (κ3) is 3.80. The first-order valence-corrected chi connectivity index (χ1v) is 7.49. The van der Waals surface area contributed by atoms with E-state index in [-0.39, 0.29) is 16.9 Å². The van der Waals surface area contributed by atoms with Crippen LogP contribution in [0.15, 0.2) is 29.2 Å². The molecule has 0 heterocycles. The first-order valence-electron chi connectivity index (χ1n) is 6.01. The van der Waals surface area contributed by atoms with E-state index in [0.717, 1.165) is 6.42 Å². The maximum Gasteiger partial charge on any atom is 0.240 e. The molecule has 0 saturated carbocycles. The van der Waals surface area contributed by atoms with Gasteiger partial charge in [-0.05, 0) is 23.5 Å². The van der Waals surface area contributed by atoms with Crippen LogP contribution in [0.1, 0.15) is 32.8 Å². The highest BCUT2D eigenvalue weighted by Crippen LogP contribution is 2.20. The molecule has 0 radical (unpaired) electrons. The normalized spacial score (nSPS) is 12.7. The lowest BCUT2D eigenvalue weighted by atomic mass is 9.91. The summed E-state index contributed by atoms with van der Waals surface area (Å²) in [4.78, 5) is 0.152. The third-order valence-electron chi connectivity index (χ3n) is 3.13. The molecule has 1 aromatic rings. The Morgan fingerprint density at radius 2 is 1.89 bits per heavy atom. The topological polar surface area (TPSA) is 66.4 Å². The van der Waals surface area contributed by atoms with Crippen LogP contribution >= 0.6 is 0 Å². The first kappa shape index (κ1) is 15.1. The molecule has 18 heavy (non-hydrogen) atoms. The largest absolute Gasteiger partial charge is 0.392 e. The maximum absolute atomic E-state index is 12.2. The molecule has 0 spiro atoms. The molecule has 1 rings (SSSR count). The van der Waals surface area contributed by atoms with Crippen LogP contribution in [0, 0.1) is 5.41 Å². The van der Waals surface area contributed by atoms with Crippen LogP contribution in [0.2, 0.25) is 0 Å². The third-order valence-corrected chi connectivity index (χ3v) is 4.63. The van der Waals surface area contributed by atoms with Crippen molar-refractivity contribution >= 4 is 10.0 Å². The molecule has 0 unspecified atom stereocenters. The molecule has 0 aliphatic heterocycles. The van der Waals surface area contributed by atoms with E-state index in [2.05, 4.69) is 4.72 Å². The highest BCUT2D eigenvalue weighted by Gasteiger charge is 2.22. The van der Waals surface area contributed by atoms with E-state index in [1.807, 2.05) is 20.8 Å². The van der Waals surface area contributed by atoms with Crippen LogP contribution in [-0.2, 0) is 16.6 Å². The summed E-state index contributed by atoms with van der Waals surface area (Å²) in [5.74, 6) is 0. The van der Waals surface area contributed by atoms with Gasteiger partial charge in [-0.2, -0.15) is 0 Å². The minimum absolute atomic E-state index is 0.0821. The van der Waals surface area contributed by atoms with Gasteiger partial charge in [0, 0.05) is 6.54 Å². The zero-order chi connectivity index (χ0) is 13.8. The summed E-state index contributed by atoms with van der Waals surface area (Å²) in [7, 11) is -3.56.